The molecule has 0 spiro atoms. The highest BCUT2D eigenvalue weighted by Crippen LogP contribution is 2.27. The largest absolute Gasteiger partial charge is 0.366 e. The molecular formula is C11H9NO2. The first kappa shape index (κ1) is 8.92. The number of carbonyl (C=O) groups is 1. The van der Waals surface area contributed by atoms with Gasteiger partial charge in [0.15, 0.2) is 6.29 Å². The molecule has 2 rings (SSSR count). The number of fused-ring (bicyclic) bond motifs is 1. The highest BCUT2D eigenvalue weighted by atomic mass is 16.5. The third-order valence-electron chi connectivity index (χ3n) is 2.41. The number of benzene rings is 1. The van der Waals surface area contributed by atoms with E-state index in [9.17, 15) is 4.79 Å². The molecule has 0 bridgehead atoms. The Labute approximate surface area is 81.9 Å². The van der Waals surface area contributed by atoms with Crippen LogP contribution in [0.25, 0.3) is 0 Å². The predicted octanol–water partition coefficient (Wildman–Crippen LogP) is 1.37. The Morgan fingerprint density at radius 1 is 1.57 bits per heavy atom. The van der Waals surface area contributed by atoms with Crippen molar-refractivity contribution in [2.24, 2.45) is 0 Å². The van der Waals surface area contributed by atoms with Crippen LogP contribution in [0.4, 0.5) is 0 Å². The average Bonchev–Trinajstić information content (AvgIpc) is 2.27. The van der Waals surface area contributed by atoms with Gasteiger partial charge in [0.25, 0.3) is 0 Å². The van der Waals surface area contributed by atoms with Gasteiger partial charge in [-0.15, -0.1) is 0 Å². The highest BCUT2D eigenvalue weighted by molar-refractivity contribution is 5.63. The minimum atomic E-state index is -0.493. The summed E-state index contributed by atoms with van der Waals surface area (Å²) in [5, 5.41) is 8.87. The van der Waals surface area contributed by atoms with Crippen LogP contribution in [0.1, 0.15) is 22.8 Å². The fraction of sp³-hybridized carbons (Fsp3) is 0.273. The maximum absolute atomic E-state index is 10.7. The molecule has 0 fully saturated rings. The smallest absolute Gasteiger partial charge is 0.153 e. The molecule has 1 atom stereocenters. The Balaban J connectivity index is 2.55. The number of nitrogens with zero attached hydrogens (tertiary/aromatic N) is 1. The fourth-order valence-electron chi connectivity index (χ4n) is 1.75. The van der Waals surface area contributed by atoms with Crippen LogP contribution in [0, 0.1) is 11.3 Å². The van der Waals surface area contributed by atoms with Gasteiger partial charge in [-0.25, -0.2) is 0 Å². The number of ether oxygens (including phenoxy) is 1. The van der Waals surface area contributed by atoms with E-state index < -0.39 is 6.10 Å². The fourth-order valence-corrected chi connectivity index (χ4v) is 1.75. The first-order valence-electron chi connectivity index (χ1n) is 4.45. The second-order valence-corrected chi connectivity index (χ2v) is 3.16. The van der Waals surface area contributed by atoms with Gasteiger partial charge in [0, 0.05) is 0 Å². The quantitative estimate of drug-likeness (QED) is 0.624. The van der Waals surface area contributed by atoms with Crippen LogP contribution in [0.15, 0.2) is 18.2 Å². The maximum atomic E-state index is 10.7. The molecular weight excluding hydrogens is 178 g/mol. The predicted molar refractivity (Wildman–Crippen MR) is 49.6 cm³/mol. The highest BCUT2D eigenvalue weighted by Gasteiger charge is 2.21. The number of hydrogen-bond acceptors (Lipinski definition) is 3. The summed E-state index contributed by atoms with van der Waals surface area (Å²) in [5.74, 6) is 0. The average molecular weight is 187 g/mol. The first-order valence-corrected chi connectivity index (χ1v) is 4.45. The van der Waals surface area contributed by atoms with Crippen molar-refractivity contribution in [1.29, 1.82) is 5.26 Å². The Hall–Kier alpha value is -1.66. The molecule has 0 saturated carbocycles. The molecule has 1 aromatic rings. The molecule has 0 radical (unpaired) electrons. The molecule has 0 aliphatic carbocycles. The van der Waals surface area contributed by atoms with E-state index in [-0.39, 0.29) is 0 Å². The second kappa shape index (κ2) is 3.60. The zero-order chi connectivity index (χ0) is 9.97. The zero-order valence-corrected chi connectivity index (χ0v) is 7.56. The van der Waals surface area contributed by atoms with Crippen LogP contribution in [0.3, 0.4) is 0 Å². The van der Waals surface area contributed by atoms with Crippen molar-refractivity contribution in [3.63, 3.8) is 0 Å². The lowest BCUT2D eigenvalue weighted by molar-refractivity contribution is -0.119. The summed E-state index contributed by atoms with van der Waals surface area (Å²) < 4.78 is 5.28. The lowest BCUT2D eigenvalue weighted by Crippen LogP contribution is -2.18. The van der Waals surface area contributed by atoms with Gasteiger partial charge in [-0.3, -0.25) is 0 Å². The Bertz CT molecular complexity index is 406. The van der Waals surface area contributed by atoms with Crippen molar-refractivity contribution in [2.75, 3.05) is 6.61 Å². The summed E-state index contributed by atoms with van der Waals surface area (Å²) in [7, 11) is 0. The second-order valence-electron chi connectivity index (χ2n) is 3.16. The summed E-state index contributed by atoms with van der Waals surface area (Å²) >= 11 is 0. The Kier molecular flexibility index (Phi) is 2.30. The van der Waals surface area contributed by atoms with E-state index in [1.165, 1.54) is 0 Å². The topological polar surface area (TPSA) is 50.1 Å². The molecule has 0 unspecified atom stereocenters. The van der Waals surface area contributed by atoms with Crippen LogP contribution in [-0.4, -0.2) is 12.9 Å². The first-order chi connectivity index (χ1) is 6.86. The van der Waals surface area contributed by atoms with Gasteiger partial charge in [-0.05, 0) is 23.6 Å². The molecule has 0 aromatic heterocycles. The van der Waals surface area contributed by atoms with Crippen molar-refractivity contribution in [2.45, 2.75) is 12.5 Å². The van der Waals surface area contributed by atoms with Gasteiger partial charge in [-0.2, -0.15) is 5.26 Å². The van der Waals surface area contributed by atoms with Gasteiger partial charge in [-0.1, -0.05) is 12.1 Å². The molecule has 0 amide bonds. The monoisotopic (exact) mass is 187 g/mol. The van der Waals surface area contributed by atoms with Gasteiger partial charge >= 0.3 is 0 Å². The molecule has 1 heterocycles. The van der Waals surface area contributed by atoms with Crippen molar-refractivity contribution in [1.82, 2.24) is 0 Å². The van der Waals surface area contributed by atoms with E-state index in [1.807, 2.05) is 6.07 Å². The molecule has 0 N–H and O–H groups in total. The standard InChI is InChI=1S/C11H9NO2/c12-6-8-2-1-3-10-9(8)4-5-14-11(10)7-13/h1-3,7,11H,4-5H2/t11-/m0/s1. The van der Waals surface area contributed by atoms with Crippen LogP contribution in [-0.2, 0) is 16.0 Å². The van der Waals surface area contributed by atoms with E-state index in [0.717, 1.165) is 17.4 Å². The molecule has 14 heavy (non-hydrogen) atoms. The Morgan fingerprint density at radius 2 is 2.43 bits per heavy atom. The van der Waals surface area contributed by atoms with Crippen LogP contribution >= 0.6 is 0 Å². The van der Waals surface area contributed by atoms with Crippen LogP contribution in [0.2, 0.25) is 0 Å². The molecule has 1 aliphatic rings. The van der Waals surface area contributed by atoms with Gasteiger partial charge in [0.2, 0.25) is 0 Å². The van der Waals surface area contributed by atoms with E-state index in [4.69, 9.17) is 10.00 Å². The SMILES string of the molecule is N#Cc1cccc2c1CCO[C@H]2C=O. The van der Waals surface area contributed by atoms with Crippen LogP contribution < -0.4 is 0 Å². The third-order valence-corrected chi connectivity index (χ3v) is 2.41. The molecule has 3 nitrogen and oxygen atoms in total. The van der Waals surface area contributed by atoms with E-state index in [1.54, 1.807) is 12.1 Å². The van der Waals surface area contributed by atoms with Crippen molar-refractivity contribution in [3.8, 4) is 6.07 Å². The minimum Gasteiger partial charge on any atom is -0.366 e. The maximum Gasteiger partial charge on any atom is 0.153 e. The van der Waals surface area contributed by atoms with Crippen molar-refractivity contribution in [3.05, 3.63) is 34.9 Å². The summed E-state index contributed by atoms with van der Waals surface area (Å²) in [6.07, 6.45) is 0.995. The number of carbonyl (C=O) groups excluding carboxylic acids is 1. The summed E-state index contributed by atoms with van der Waals surface area (Å²) in [6, 6.07) is 7.52. The number of hydrogen-bond donors (Lipinski definition) is 0. The molecule has 1 aliphatic heterocycles. The normalized spacial score (nSPS) is 19.5. The molecule has 0 saturated heterocycles. The van der Waals surface area contributed by atoms with Gasteiger partial charge < -0.3 is 9.53 Å². The third kappa shape index (κ3) is 1.30. The minimum absolute atomic E-state index is 0.493. The van der Waals surface area contributed by atoms with E-state index in [0.29, 0.717) is 18.6 Å². The lowest BCUT2D eigenvalue weighted by atomic mass is 9.94. The Morgan fingerprint density at radius 3 is 3.14 bits per heavy atom. The van der Waals surface area contributed by atoms with Gasteiger partial charge in [0.1, 0.15) is 6.10 Å². The molecule has 1 aromatic carbocycles. The van der Waals surface area contributed by atoms with Crippen molar-refractivity contribution >= 4 is 6.29 Å². The number of nitriles is 1. The lowest BCUT2D eigenvalue weighted by Gasteiger charge is -2.22. The number of rotatable bonds is 1. The summed E-state index contributed by atoms with van der Waals surface area (Å²) in [5.41, 5.74) is 2.45. The van der Waals surface area contributed by atoms with E-state index >= 15 is 0 Å². The number of aldehydes is 1. The summed E-state index contributed by atoms with van der Waals surface area (Å²) in [6.45, 7) is 0.509. The van der Waals surface area contributed by atoms with Gasteiger partial charge in [0.05, 0.1) is 18.2 Å². The summed E-state index contributed by atoms with van der Waals surface area (Å²) in [4.78, 5) is 10.7. The molecule has 3 heteroatoms. The van der Waals surface area contributed by atoms with E-state index in [2.05, 4.69) is 6.07 Å². The molecule has 70 valence electrons. The zero-order valence-electron chi connectivity index (χ0n) is 7.56. The van der Waals surface area contributed by atoms with Crippen LogP contribution in [0.5, 0.6) is 0 Å². The van der Waals surface area contributed by atoms with Crippen molar-refractivity contribution < 1.29 is 9.53 Å².